The van der Waals surface area contributed by atoms with Crippen molar-refractivity contribution in [1.29, 1.82) is 0 Å². The Bertz CT molecular complexity index is 1500. The average Bonchev–Trinajstić information content (AvgIpc) is 3.23. The molecular weight excluding hydrogens is 446 g/mol. The Kier molecular flexibility index (Phi) is 5.13. The molecule has 2 heterocycles. The quantitative estimate of drug-likeness (QED) is 0.310. The van der Waals surface area contributed by atoms with Crippen LogP contribution in [-0.4, -0.2) is 22.4 Å². The third-order valence-electron chi connectivity index (χ3n) is 4.92. The second kappa shape index (κ2) is 8.11. The number of aromatic nitrogens is 3. The summed E-state index contributed by atoms with van der Waals surface area (Å²) < 4.78 is 34.2. The van der Waals surface area contributed by atoms with Gasteiger partial charge < -0.3 is 4.74 Å². The number of hydrogen-bond donors (Lipinski definition) is 0. The van der Waals surface area contributed by atoms with Gasteiger partial charge in [-0.1, -0.05) is 48.0 Å². The second-order valence-electron chi connectivity index (χ2n) is 6.95. The van der Waals surface area contributed by atoms with Crippen LogP contribution in [0.3, 0.4) is 0 Å². The van der Waals surface area contributed by atoms with Crippen LogP contribution in [0.1, 0.15) is 0 Å². The Morgan fingerprint density at radius 1 is 0.781 bits per heavy atom. The van der Waals surface area contributed by atoms with Gasteiger partial charge >= 0.3 is 0 Å². The number of halogens is 1. The Labute approximate surface area is 189 Å². The summed E-state index contributed by atoms with van der Waals surface area (Å²) in [6, 6.07) is 26.5. The molecule has 0 unspecified atom stereocenters. The Morgan fingerprint density at radius 3 is 2.09 bits per heavy atom. The zero-order chi connectivity index (χ0) is 22.1. The molecule has 0 fully saturated rings. The molecule has 3 aromatic carbocycles. The van der Waals surface area contributed by atoms with E-state index >= 15 is 0 Å². The van der Waals surface area contributed by atoms with Crippen LogP contribution in [0.5, 0.6) is 11.5 Å². The summed E-state index contributed by atoms with van der Waals surface area (Å²) in [5, 5.41) is 0.635. The summed E-state index contributed by atoms with van der Waals surface area (Å²) in [5.41, 5.74) is 1.31. The molecule has 0 amide bonds. The Morgan fingerprint density at radius 2 is 1.41 bits per heavy atom. The van der Waals surface area contributed by atoms with Crippen molar-refractivity contribution >= 4 is 32.7 Å². The lowest BCUT2D eigenvalue weighted by Crippen LogP contribution is -2.14. The number of fused-ring (bicyclic) bond motifs is 1. The molecule has 0 atom stereocenters. The van der Waals surface area contributed by atoms with Gasteiger partial charge in [0.25, 0.3) is 10.0 Å². The van der Waals surface area contributed by atoms with Crippen molar-refractivity contribution in [2.24, 2.45) is 0 Å². The highest BCUT2D eigenvalue weighted by Crippen LogP contribution is 2.34. The number of para-hydroxylation sites is 1. The van der Waals surface area contributed by atoms with Gasteiger partial charge in [-0.05, 0) is 60.2 Å². The van der Waals surface area contributed by atoms with Crippen LogP contribution in [0.15, 0.2) is 102 Å². The lowest BCUT2D eigenvalue weighted by molar-refractivity contribution is 0.483. The minimum Gasteiger partial charge on any atom is -0.457 e. The van der Waals surface area contributed by atoms with E-state index in [1.165, 1.54) is 10.3 Å². The van der Waals surface area contributed by atoms with Crippen molar-refractivity contribution in [1.82, 2.24) is 13.9 Å². The molecule has 2 aromatic heterocycles. The van der Waals surface area contributed by atoms with Gasteiger partial charge in [-0.15, -0.1) is 0 Å². The van der Waals surface area contributed by atoms with E-state index in [2.05, 4.69) is 9.97 Å². The zero-order valence-corrected chi connectivity index (χ0v) is 18.2. The van der Waals surface area contributed by atoms with Crippen molar-refractivity contribution in [3.05, 3.63) is 102 Å². The number of rotatable bonds is 5. The van der Waals surface area contributed by atoms with Crippen molar-refractivity contribution in [2.75, 3.05) is 0 Å². The fraction of sp³-hybridized carbons (Fsp3) is 0. The maximum atomic E-state index is 13.6. The van der Waals surface area contributed by atoms with E-state index in [9.17, 15) is 8.42 Å². The fourth-order valence-electron chi connectivity index (χ4n) is 3.42. The van der Waals surface area contributed by atoms with E-state index in [1.54, 1.807) is 60.7 Å². The molecule has 5 rings (SSSR count). The van der Waals surface area contributed by atoms with Gasteiger partial charge in [-0.25, -0.2) is 22.4 Å². The number of ether oxygens (including phenoxy) is 1. The zero-order valence-electron chi connectivity index (χ0n) is 16.6. The van der Waals surface area contributed by atoms with Crippen molar-refractivity contribution < 1.29 is 13.2 Å². The molecule has 0 aliphatic rings. The summed E-state index contributed by atoms with van der Waals surface area (Å²) in [4.78, 5) is 8.36. The van der Waals surface area contributed by atoms with Crippen molar-refractivity contribution in [3.63, 3.8) is 0 Å². The van der Waals surface area contributed by atoms with Crippen LogP contribution < -0.4 is 4.74 Å². The number of hydrogen-bond acceptors (Lipinski definition) is 5. The van der Waals surface area contributed by atoms with Crippen LogP contribution in [-0.2, 0) is 10.0 Å². The Hall–Kier alpha value is -3.68. The predicted molar refractivity (Wildman–Crippen MR) is 124 cm³/mol. The standard InChI is InChI=1S/C24H16ClN3O3S/c25-23-21-15-22(17-11-13-19(14-12-17)31-18-7-3-1-4-8-18)28(24(21)27-16-26-23)32(29,30)20-9-5-2-6-10-20/h1-16H. The largest absolute Gasteiger partial charge is 0.457 e. The summed E-state index contributed by atoms with van der Waals surface area (Å²) in [7, 11) is -3.94. The molecular formula is C24H16ClN3O3S. The lowest BCUT2D eigenvalue weighted by atomic mass is 10.1. The van der Waals surface area contributed by atoms with Gasteiger partial charge in [0, 0.05) is 0 Å². The molecule has 0 spiro atoms. The maximum Gasteiger partial charge on any atom is 0.269 e. The van der Waals surface area contributed by atoms with Crippen molar-refractivity contribution in [3.8, 4) is 22.8 Å². The summed E-state index contributed by atoms with van der Waals surface area (Å²) in [5.74, 6) is 1.34. The van der Waals surface area contributed by atoms with E-state index in [-0.39, 0.29) is 15.7 Å². The maximum absolute atomic E-state index is 13.6. The minimum absolute atomic E-state index is 0.150. The van der Waals surface area contributed by atoms with Gasteiger partial charge in [-0.3, -0.25) is 0 Å². The van der Waals surface area contributed by atoms with E-state index in [0.717, 1.165) is 0 Å². The second-order valence-corrected chi connectivity index (χ2v) is 9.10. The number of nitrogens with zero attached hydrogens (tertiary/aromatic N) is 3. The van der Waals surface area contributed by atoms with Gasteiger partial charge in [0.2, 0.25) is 0 Å². The molecule has 0 saturated heterocycles. The first kappa shape index (κ1) is 20.2. The Balaban J connectivity index is 1.65. The summed E-state index contributed by atoms with van der Waals surface area (Å²) >= 11 is 6.26. The minimum atomic E-state index is -3.94. The highest BCUT2D eigenvalue weighted by molar-refractivity contribution is 7.90. The van der Waals surface area contributed by atoms with Crippen LogP contribution >= 0.6 is 11.6 Å². The van der Waals surface area contributed by atoms with Crippen LogP contribution in [0.4, 0.5) is 0 Å². The topological polar surface area (TPSA) is 74.1 Å². The van der Waals surface area contributed by atoms with Crippen LogP contribution in [0.25, 0.3) is 22.3 Å². The average molecular weight is 462 g/mol. The fourth-order valence-corrected chi connectivity index (χ4v) is 5.11. The van der Waals surface area contributed by atoms with E-state index in [0.29, 0.717) is 28.1 Å². The number of benzene rings is 3. The smallest absolute Gasteiger partial charge is 0.269 e. The van der Waals surface area contributed by atoms with Crippen LogP contribution in [0.2, 0.25) is 5.15 Å². The molecule has 0 saturated carbocycles. The first-order valence-corrected chi connectivity index (χ1v) is 11.5. The first-order chi connectivity index (χ1) is 15.5. The molecule has 0 aliphatic carbocycles. The molecule has 0 bridgehead atoms. The molecule has 5 aromatic rings. The van der Waals surface area contributed by atoms with Gasteiger partial charge in [-0.2, -0.15) is 0 Å². The highest BCUT2D eigenvalue weighted by atomic mass is 35.5. The highest BCUT2D eigenvalue weighted by Gasteiger charge is 2.25. The molecule has 0 radical (unpaired) electrons. The first-order valence-electron chi connectivity index (χ1n) is 9.70. The van der Waals surface area contributed by atoms with Crippen LogP contribution in [0, 0.1) is 0 Å². The molecule has 0 aliphatic heterocycles. The predicted octanol–water partition coefficient (Wildman–Crippen LogP) is 5.78. The molecule has 158 valence electrons. The van der Waals surface area contributed by atoms with E-state index in [4.69, 9.17) is 16.3 Å². The third kappa shape index (κ3) is 3.62. The monoisotopic (exact) mass is 461 g/mol. The molecule has 32 heavy (non-hydrogen) atoms. The van der Waals surface area contributed by atoms with E-state index in [1.807, 2.05) is 30.3 Å². The summed E-state index contributed by atoms with van der Waals surface area (Å²) in [6.07, 6.45) is 1.25. The summed E-state index contributed by atoms with van der Waals surface area (Å²) in [6.45, 7) is 0. The van der Waals surface area contributed by atoms with E-state index < -0.39 is 10.0 Å². The lowest BCUT2D eigenvalue weighted by Gasteiger charge is -2.12. The van der Waals surface area contributed by atoms with Gasteiger partial charge in [0.05, 0.1) is 16.0 Å². The molecule has 8 heteroatoms. The SMILES string of the molecule is O=S(=O)(c1ccccc1)n1c(-c2ccc(Oc3ccccc3)cc2)cc2c(Cl)ncnc21. The van der Waals surface area contributed by atoms with Gasteiger partial charge in [0.1, 0.15) is 23.0 Å². The molecule has 6 nitrogen and oxygen atoms in total. The van der Waals surface area contributed by atoms with Gasteiger partial charge in [0.15, 0.2) is 5.65 Å². The third-order valence-corrected chi connectivity index (χ3v) is 6.94. The van der Waals surface area contributed by atoms with Crippen molar-refractivity contribution in [2.45, 2.75) is 4.90 Å². The molecule has 0 N–H and O–H groups in total. The normalized spacial score (nSPS) is 11.5.